The van der Waals surface area contributed by atoms with Crippen molar-refractivity contribution in [3.05, 3.63) is 59.6 Å². The minimum atomic E-state index is -0.584. The Balaban J connectivity index is 1.68. The number of para-hydroxylation sites is 1. The highest BCUT2D eigenvalue weighted by molar-refractivity contribution is 8.01. The monoisotopic (exact) mass is 437 g/mol. The molecule has 30 heavy (non-hydrogen) atoms. The molecule has 2 N–H and O–H groups in total. The van der Waals surface area contributed by atoms with Gasteiger partial charge in [-0.2, -0.15) is 0 Å². The van der Waals surface area contributed by atoms with Gasteiger partial charge in [0.05, 0.1) is 21.0 Å². The van der Waals surface area contributed by atoms with E-state index in [2.05, 4.69) is 15.0 Å². The van der Waals surface area contributed by atoms with Crippen LogP contribution in [0.3, 0.4) is 0 Å². The summed E-state index contributed by atoms with van der Waals surface area (Å²) >= 11 is 7.87. The van der Waals surface area contributed by atoms with E-state index in [-0.39, 0.29) is 11.5 Å². The van der Waals surface area contributed by atoms with Crippen molar-refractivity contribution in [1.82, 2.24) is 15.0 Å². The number of nitrogens with zero attached hydrogens (tertiary/aromatic N) is 2. The Bertz CT molecular complexity index is 1250. The van der Waals surface area contributed by atoms with Crippen molar-refractivity contribution < 1.29 is 9.90 Å². The molecule has 0 aliphatic heterocycles. The normalized spacial score (nSPS) is 11.7. The molecule has 0 saturated carbocycles. The predicted molar refractivity (Wildman–Crippen MR) is 122 cm³/mol. The highest BCUT2D eigenvalue weighted by atomic mass is 35.5. The first-order valence-corrected chi connectivity index (χ1v) is 10.6. The Morgan fingerprint density at radius 1 is 1.07 bits per heavy atom. The molecule has 152 valence electrons. The first kappa shape index (κ1) is 20.4. The van der Waals surface area contributed by atoms with Crippen molar-refractivity contribution in [2.75, 3.05) is 0 Å². The molecule has 4 rings (SSSR count). The zero-order valence-electron chi connectivity index (χ0n) is 16.7. The van der Waals surface area contributed by atoms with E-state index in [0.29, 0.717) is 21.5 Å². The van der Waals surface area contributed by atoms with Crippen LogP contribution in [0.2, 0.25) is 5.02 Å². The summed E-state index contributed by atoms with van der Waals surface area (Å²) in [6, 6.07) is 16.7. The number of rotatable bonds is 5. The molecule has 2 aromatic carbocycles. The molecular formula is C23H20ClN3O2S. The summed E-state index contributed by atoms with van der Waals surface area (Å²) in [5, 5.41) is 11.2. The van der Waals surface area contributed by atoms with Crippen molar-refractivity contribution in [1.29, 1.82) is 0 Å². The lowest BCUT2D eigenvalue weighted by atomic mass is 10.0. The largest absolute Gasteiger partial charge is 0.507 e. The van der Waals surface area contributed by atoms with Gasteiger partial charge in [0, 0.05) is 11.1 Å². The molecule has 0 bridgehead atoms. The fourth-order valence-corrected chi connectivity index (χ4v) is 4.17. The van der Waals surface area contributed by atoms with E-state index < -0.39 is 4.75 Å². The lowest BCUT2D eigenvalue weighted by molar-refractivity contribution is -0.118. The topological polar surface area (TPSA) is 78.9 Å². The number of hydrogen-bond donors (Lipinski definition) is 2. The number of aromatic nitrogens is 3. The molecule has 0 fully saturated rings. The lowest BCUT2D eigenvalue weighted by Gasteiger charge is -2.17. The van der Waals surface area contributed by atoms with Crippen LogP contribution in [0.25, 0.3) is 33.5 Å². The quantitative estimate of drug-likeness (QED) is 0.368. The van der Waals surface area contributed by atoms with Gasteiger partial charge in [-0.05, 0) is 38.5 Å². The van der Waals surface area contributed by atoms with Gasteiger partial charge in [0.25, 0.3) is 0 Å². The zero-order valence-corrected chi connectivity index (χ0v) is 18.3. The van der Waals surface area contributed by atoms with Crippen molar-refractivity contribution in [2.45, 2.75) is 30.7 Å². The molecule has 5 nitrogen and oxygen atoms in total. The number of pyridine rings is 1. The average molecular weight is 438 g/mol. The molecule has 0 radical (unpaired) electrons. The lowest BCUT2D eigenvalue weighted by Crippen LogP contribution is -2.24. The van der Waals surface area contributed by atoms with Gasteiger partial charge in [-0.25, -0.2) is 9.97 Å². The molecule has 0 atom stereocenters. The van der Waals surface area contributed by atoms with Crippen LogP contribution in [-0.4, -0.2) is 30.6 Å². The number of thioether (sulfide) groups is 1. The van der Waals surface area contributed by atoms with Crippen molar-refractivity contribution in [3.8, 4) is 28.1 Å². The van der Waals surface area contributed by atoms with Gasteiger partial charge >= 0.3 is 0 Å². The summed E-state index contributed by atoms with van der Waals surface area (Å²) in [5.41, 5.74) is 4.40. The van der Waals surface area contributed by atoms with Gasteiger partial charge in [-0.3, -0.25) is 4.79 Å². The molecule has 0 aliphatic rings. The molecule has 7 heteroatoms. The Morgan fingerprint density at radius 3 is 2.40 bits per heavy atom. The summed E-state index contributed by atoms with van der Waals surface area (Å²) in [6.45, 7) is 5.30. The van der Waals surface area contributed by atoms with Gasteiger partial charge in [-0.1, -0.05) is 65.8 Å². The first-order valence-electron chi connectivity index (χ1n) is 9.40. The van der Waals surface area contributed by atoms with Crippen LogP contribution >= 0.6 is 23.4 Å². The number of benzene rings is 2. The molecule has 0 unspecified atom stereocenters. The fraction of sp³-hybridized carbons (Fsp3) is 0.174. The standard InChI is InChI=1S/C23H20ClN3O2S/c1-13(28)23(2,3)30-22-25-18-12-17(24)20(26-21(18)27-22)15-10-8-14(9-11-15)16-6-4-5-7-19(16)29/h4-12,29H,1-3H3,(H,25,26,27). The van der Waals surface area contributed by atoms with Crippen LogP contribution < -0.4 is 0 Å². The summed E-state index contributed by atoms with van der Waals surface area (Å²) in [6.07, 6.45) is 0. The SMILES string of the molecule is CC(=O)C(C)(C)Sc1nc2nc(-c3ccc(-c4ccccc4O)cc3)c(Cl)cc2[nH]1. The average Bonchev–Trinajstić information content (AvgIpc) is 3.08. The maximum atomic E-state index is 11.8. The highest BCUT2D eigenvalue weighted by Crippen LogP contribution is 2.35. The van der Waals surface area contributed by atoms with E-state index >= 15 is 0 Å². The molecule has 0 amide bonds. The second kappa shape index (κ2) is 7.78. The highest BCUT2D eigenvalue weighted by Gasteiger charge is 2.27. The Labute approximate surface area is 183 Å². The maximum absolute atomic E-state index is 11.8. The van der Waals surface area contributed by atoms with Gasteiger partial charge in [0.15, 0.2) is 10.8 Å². The van der Waals surface area contributed by atoms with E-state index in [1.54, 1.807) is 25.1 Å². The number of phenols is 1. The number of carbonyl (C=O) groups excluding carboxylic acids is 1. The number of imidazole rings is 1. The summed E-state index contributed by atoms with van der Waals surface area (Å²) in [4.78, 5) is 24.2. The number of ketones is 1. The van der Waals surface area contributed by atoms with Crippen molar-refractivity contribution in [2.24, 2.45) is 0 Å². The Morgan fingerprint density at radius 2 is 1.73 bits per heavy atom. The van der Waals surface area contributed by atoms with Gasteiger partial charge in [0.1, 0.15) is 11.5 Å². The van der Waals surface area contributed by atoms with Gasteiger partial charge in [0.2, 0.25) is 0 Å². The smallest absolute Gasteiger partial charge is 0.179 e. The number of phenolic OH excluding ortho intramolecular Hbond substituents is 1. The Hall–Kier alpha value is -2.83. The molecule has 0 saturated heterocycles. The van der Waals surface area contributed by atoms with Gasteiger partial charge < -0.3 is 10.1 Å². The molecule has 0 aliphatic carbocycles. The number of H-pyrrole nitrogens is 1. The van der Waals surface area contributed by atoms with Crippen LogP contribution in [0, 0.1) is 0 Å². The van der Waals surface area contributed by atoms with Crippen molar-refractivity contribution >= 4 is 40.3 Å². The van der Waals surface area contributed by atoms with Crippen LogP contribution in [0.4, 0.5) is 0 Å². The van der Waals surface area contributed by atoms with E-state index in [1.807, 2.05) is 50.2 Å². The van der Waals surface area contributed by atoms with Crippen LogP contribution in [-0.2, 0) is 4.79 Å². The minimum Gasteiger partial charge on any atom is -0.507 e. The number of aromatic hydroxyl groups is 1. The molecule has 0 spiro atoms. The zero-order chi connectivity index (χ0) is 21.5. The van der Waals surface area contributed by atoms with Crippen LogP contribution in [0.5, 0.6) is 5.75 Å². The third kappa shape index (κ3) is 3.93. The second-order valence-corrected chi connectivity index (χ2v) is 9.51. The number of carbonyl (C=O) groups is 1. The maximum Gasteiger partial charge on any atom is 0.179 e. The summed E-state index contributed by atoms with van der Waals surface area (Å²) < 4.78 is -0.584. The number of nitrogens with one attached hydrogen (secondary N) is 1. The predicted octanol–water partition coefficient (Wildman–Crippen LogP) is 6.11. The van der Waals surface area contributed by atoms with E-state index in [1.165, 1.54) is 11.8 Å². The molecule has 2 heterocycles. The first-order chi connectivity index (χ1) is 14.2. The van der Waals surface area contributed by atoms with Crippen LogP contribution in [0.15, 0.2) is 59.8 Å². The number of halogens is 1. The van der Waals surface area contributed by atoms with E-state index in [9.17, 15) is 9.90 Å². The van der Waals surface area contributed by atoms with Crippen molar-refractivity contribution in [3.63, 3.8) is 0 Å². The Kier molecular flexibility index (Phi) is 5.30. The van der Waals surface area contributed by atoms with Gasteiger partial charge in [-0.15, -0.1) is 0 Å². The van der Waals surface area contributed by atoms with E-state index in [0.717, 1.165) is 22.2 Å². The van der Waals surface area contributed by atoms with E-state index in [4.69, 9.17) is 11.6 Å². The second-order valence-electron chi connectivity index (χ2n) is 7.49. The minimum absolute atomic E-state index is 0.0733. The number of Topliss-reactive ketones (excluding diaryl/α,β-unsaturated/α-hetero) is 1. The molecule has 2 aromatic heterocycles. The fourth-order valence-electron chi connectivity index (χ4n) is 2.99. The summed E-state index contributed by atoms with van der Waals surface area (Å²) in [5.74, 6) is 0.307. The third-order valence-electron chi connectivity index (χ3n) is 4.98. The van der Waals surface area contributed by atoms with Crippen LogP contribution in [0.1, 0.15) is 20.8 Å². The number of aromatic amines is 1. The number of fused-ring (bicyclic) bond motifs is 1. The summed E-state index contributed by atoms with van der Waals surface area (Å²) in [7, 11) is 0. The molecular weight excluding hydrogens is 418 g/mol. The molecule has 4 aromatic rings. The third-order valence-corrected chi connectivity index (χ3v) is 6.45. The number of hydrogen-bond acceptors (Lipinski definition) is 5.